The van der Waals surface area contributed by atoms with Gasteiger partial charge in [-0.15, -0.1) is 0 Å². The van der Waals surface area contributed by atoms with E-state index in [4.69, 9.17) is 14.6 Å². The number of unbranched alkanes of at least 4 members (excludes halogenated alkanes) is 2. The van der Waals surface area contributed by atoms with Gasteiger partial charge in [-0.2, -0.15) is 0 Å². The van der Waals surface area contributed by atoms with Crippen molar-refractivity contribution < 1.29 is 24.3 Å². The van der Waals surface area contributed by atoms with Gasteiger partial charge in [0.25, 0.3) is 5.69 Å². The zero-order valence-electron chi connectivity index (χ0n) is 13.7. The molecule has 1 N–H and O–H groups in total. The summed E-state index contributed by atoms with van der Waals surface area (Å²) in [4.78, 5) is 21.8. The number of nitro groups is 1. The standard InChI is InChI=1S/C16H23NO6/c1-4-5-6-7-11(8-15(18)19)13-9-12(17(20)21)10-14(22-2)16(13)23-3/h9-11H,4-8H2,1-3H3,(H,18,19). The zero-order chi connectivity index (χ0) is 17.4. The van der Waals surface area contributed by atoms with Crippen LogP contribution in [0, 0.1) is 10.1 Å². The van der Waals surface area contributed by atoms with Crippen molar-refractivity contribution >= 4 is 11.7 Å². The summed E-state index contributed by atoms with van der Waals surface area (Å²) in [5.74, 6) is -0.703. The van der Waals surface area contributed by atoms with Crippen LogP contribution >= 0.6 is 0 Å². The molecular weight excluding hydrogens is 302 g/mol. The van der Waals surface area contributed by atoms with E-state index in [2.05, 4.69) is 6.92 Å². The van der Waals surface area contributed by atoms with Crippen molar-refractivity contribution in [3.8, 4) is 11.5 Å². The zero-order valence-corrected chi connectivity index (χ0v) is 13.7. The molecule has 1 atom stereocenters. The van der Waals surface area contributed by atoms with E-state index in [1.54, 1.807) is 0 Å². The van der Waals surface area contributed by atoms with Gasteiger partial charge < -0.3 is 14.6 Å². The molecule has 0 amide bonds. The molecule has 1 aromatic carbocycles. The number of rotatable bonds is 10. The largest absolute Gasteiger partial charge is 0.493 e. The van der Waals surface area contributed by atoms with Gasteiger partial charge >= 0.3 is 5.97 Å². The Morgan fingerprint density at radius 2 is 2.00 bits per heavy atom. The minimum Gasteiger partial charge on any atom is -0.493 e. The van der Waals surface area contributed by atoms with Crippen LogP contribution in [0.1, 0.15) is 50.5 Å². The maximum atomic E-state index is 11.2. The molecule has 0 saturated heterocycles. The van der Waals surface area contributed by atoms with Crippen molar-refractivity contribution in [2.24, 2.45) is 0 Å². The van der Waals surface area contributed by atoms with Gasteiger partial charge in [0, 0.05) is 11.6 Å². The summed E-state index contributed by atoms with van der Waals surface area (Å²) in [6.45, 7) is 2.06. The minimum atomic E-state index is -0.945. The van der Waals surface area contributed by atoms with Gasteiger partial charge in [-0.1, -0.05) is 26.2 Å². The quantitative estimate of drug-likeness (QED) is 0.399. The van der Waals surface area contributed by atoms with E-state index >= 15 is 0 Å². The molecule has 23 heavy (non-hydrogen) atoms. The highest BCUT2D eigenvalue weighted by Crippen LogP contribution is 2.42. The third-order valence-corrected chi connectivity index (χ3v) is 3.72. The monoisotopic (exact) mass is 325 g/mol. The van der Waals surface area contributed by atoms with Crippen molar-refractivity contribution in [3.63, 3.8) is 0 Å². The second-order valence-electron chi connectivity index (χ2n) is 5.32. The van der Waals surface area contributed by atoms with Crippen LogP contribution in [0.2, 0.25) is 0 Å². The van der Waals surface area contributed by atoms with Crippen molar-refractivity contribution in [1.29, 1.82) is 0 Å². The lowest BCUT2D eigenvalue weighted by Gasteiger charge is -2.20. The second kappa shape index (κ2) is 8.97. The molecule has 0 aromatic heterocycles. The molecule has 0 spiro atoms. The van der Waals surface area contributed by atoms with Gasteiger partial charge in [-0.25, -0.2) is 0 Å². The molecule has 0 aliphatic heterocycles. The third-order valence-electron chi connectivity index (χ3n) is 3.72. The number of carbonyl (C=O) groups is 1. The number of hydrogen-bond donors (Lipinski definition) is 1. The van der Waals surface area contributed by atoms with E-state index in [1.807, 2.05) is 0 Å². The maximum absolute atomic E-state index is 11.2. The second-order valence-corrected chi connectivity index (χ2v) is 5.32. The summed E-state index contributed by atoms with van der Waals surface area (Å²) >= 11 is 0. The van der Waals surface area contributed by atoms with Crippen LogP contribution in [0.25, 0.3) is 0 Å². The normalized spacial score (nSPS) is 11.8. The Balaban J connectivity index is 3.32. The Morgan fingerprint density at radius 3 is 2.48 bits per heavy atom. The van der Waals surface area contributed by atoms with Gasteiger partial charge in [0.05, 0.1) is 31.6 Å². The third kappa shape index (κ3) is 5.12. The first-order valence-electron chi connectivity index (χ1n) is 7.56. The number of aliphatic carboxylic acids is 1. The van der Waals surface area contributed by atoms with Gasteiger partial charge in [-0.05, 0) is 12.3 Å². The van der Waals surface area contributed by atoms with Crippen LogP contribution in [-0.2, 0) is 4.79 Å². The van der Waals surface area contributed by atoms with Crippen LogP contribution in [0.3, 0.4) is 0 Å². The van der Waals surface area contributed by atoms with Gasteiger partial charge in [0.2, 0.25) is 0 Å². The number of hydrogen-bond acceptors (Lipinski definition) is 5. The number of nitro benzene ring substituents is 1. The average molecular weight is 325 g/mol. The summed E-state index contributed by atoms with van der Waals surface area (Å²) in [6, 6.07) is 2.67. The molecule has 1 rings (SSSR count). The Morgan fingerprint density at radius 1 is 1.30 bits per heavy atom. The summed E-state index contributed by atoms with van der Waals surface area (Å²) in [6.07, 6.45) is 3.35. The molecule has 7 heteroatoms. The summed E-state index contributed by atoms with van der Waals surface area (Å²) in [7, 11) is 2.84. The highest BCUT2D eigenvalue weighted by molar-refractivity contribution is 5.69. The van der Waals surface area contributed by atoms with Crippen LogP contribution in [-0.4, -0.2) is 30.2 Å². The molecule has 128 valence electrons. The Labute approximate surface area is 135 Å². The number of nitrogens with zero attached hydrogens (tertiary/aromatic N) is 1. The Bertz CT molecular complexity index is 558. The lowest BCUT2D eigenvalue weighted by molar-refractivity contribution is -0.385. The first-order valence-corrected chi connectivity index (χ1v) is 7.56. The van der Waals surface area contributed by atoms with Crippen molar-refractivity contribution in [2.75, 3.05) is 14.2 Å². The lowest BCUT2D eigenvalue weighted by atomic mass is 9.89. The SMILES string of the molecule is CCCCCC(CC(=O)O)c1cc([N+](=O)[O-])cc(OC)c1OC. The van der Waals surface area contributed by atoms with Crippen molar-refractivity contribution in [1.82, 2.24) is 0 Å². The molecule has 0 saturated carbocycles. The molecule has 0 aliphatic rings. The van der Waals surface area contributed by atoms with Crippen molar-refractivity contribution in [3.05, 3.63) is 27.8 Å². The van der Waals surface area contributed by atoms with Crippen LogP contribution < -0.4 is 9.47 Å². The van der Waals surface area contributed by atoms with Crippen molar-refractivity contribution in [2.45, 2.75) is 44.9 Å². The van der Waals surface area contributed by atoms with E-state index in [9.17, 15) is 14.9 Å². The predicted octanol–water partition coefficient (Wildman–Crippen LogP) is 3.75. The molecule has 0 aliphatic carbocycles. The highest BCUT2D eigenvalue weighted by atomic mass is 16.6. The number of non-ortho nitro benzene ring substituents is 1. The average Bonchev–Trinajstić information content (AvgIpc) is 2.52. The number of benzene rings is 1. The topological polar surface area (TPSA) is 98.9 Å². The number of methoxy groups -OCH3 is 2. The van der Waals surface area contributed by atoms with Crippen LogP contribution in [0.5, 0.6) is 11.5 Å². The summed E-state index contributed by atoms with van der Waals surface area (Å²) < 4.78 is 10.5. The fourth-order valence-corrected chi connectivity index (χ4v) is 2.61. The number of ether oxygens (including phenoxy) is 2. The van der Waals surface area contributed by atoms with Gasteiger partial charge in [0.1, 0.15) is 0 Å². The van der Waals surface area contributed by atoms with Crippen LogP contribution in [0.4, 0.5) is 5.69 Å². The first-order chi connectivity index (χ1) is 10.9. The molecule has 0 heterocycles. The predicted molar refractivity (Wildman–Crippen MR) is 85.3 cm³/mol. The molecule has 1 unspecified atom stereocenters. The Hall–Kier alpha value is -2.31. The number of carboxylic acids is 1. The Kier molecular flexibility index (Phi) is 7.31. The van der Waals surface area contributed by atoms with Gasteiger partial charge in [-0.3, -0.25) is 14.9 Å². The molecule has 0 fully saturated rings. The molecule has 0 radical (unpaired) electrons. The fourth-order valence-electron chi connectivity index (χ4n) is 2.61. The minimum absolute atomic E-state index is 0.107. The fraction of sp³-hybridized carbons (Fsp3) is 0.562. The first kappa shape index (κ1) is 18.7. The van der Waals surface area contributed by atoms with E-state index in [1.165, 1.54) is 26.4 Å². The molecule has 0 bridgehead atoms. The summed E-state index contributed by atoms with van der Waals surface area (Å²) in [5.41, 5.74) is 0.376. The molecule has 7 nitrogen and oxygen atoms in total. The smallest absolute Gasteiger partial charge is 0.303 e. The van der Waals surface area contributed by atoms with E-state index < -0.39 is 10.9 Å². The van der Waals surface area contributed by atoms with Gasteiger partial charge in [0.15, 0.2) is 11.5 Å². The summed E-state index contributed by atoms with van der Waals surface area (Å²) in [5, 5.41) is 20.3. The maximum Gasteiger partial charge on any atom is 0.303 e. The highest BCUT2D eigenvalue weighted by Gasteiger charge is 2.25. The van der Waals surface area contributed by atoms with Crippen LogP contribution in [0.15, 0.2) is 12.1 Å². The lowest BCUT2D eigenvalue weighted by Crippen LogP contribution is -2.09. The van der Waals surface area contributed by atoms with E-state index in [-0.39, 0.29) is 23.8 Å². The molecule has 1 aromatic rings. The molecular formula is C16H23NO6. The number of carboxylic acid groups (broad SMARTS) is 1. The van der Waals surface area contributed by atoms with E-state index in [0.29, 0.717) is 17.7 Å². The van der Waals surface area contributed by atoms with E-state index in [0.717, 1.165) is 19.3 Å².